The molecule has 3 aromatic rings. The monoisotopic (exact) mass is 604 g/mol. The van der Waals surface area contributed by atoms with E-state index in [1.54, 1.807) is 30.3 Å². The van der Waals surface area contributed by atoms with Crippen molar-refractivity contribution in [3.63, 3.8) is 0 Å². The van der Waals surface area contributed by atoms with E-state index < -0.39 is 35.1 Å². The van der Waals surface area contributed by atoms with E-state index in [0.29, 0.717) is 31.4 Å². The molecule has 1 aliphatic carbocycles. The number of allylic oxidation sites excluding steroid dienone is 1. The summed E-state index contributed by atoms with van der Waals surface area (Å²) in [6.45, 7) is 6.51. The Balaban J connectivity index is 1.62. The molecule has 2 unspecified atom stereocenters. The molecule has 44 heavy (non-hydrogen) atoms. The topological polar surface area (TPSA) is 87.7 Å². The third kappa shape index (κ3) is 8.61. The molecule has 1 aliphatic rings. The number of aliphatic hydroxyl groups excluding tert-OH is 1. The van der Waals surface area contributed by atoms with Crippen LogP contribution in [0.2, 0.25) is 0 Å². The molecule has 1 amide bonds. The zero-order valence-corrected chi connectivity index (χ0v) is 25.8. The average molecular weight is 605 g/mol. The van der Waals surface area contributed by atoms with Crippen LogP contribution in [0.25, 0.3) is 0 Å². The van der Waals surface area contributed by atoms with Crippen LogP contribution in [0.1, 0.15) is 63.1 Å². The first-order chi connectivity index (χ1) is 20.9. The maximum Gasteiger partial charge on any atom is 0.330 e. The lowest BCUT2D eigenvalue weighted by Gasteiger charge is -2.41. The molecule has 3 N–H and O–H groups in total. The number of amides is 1. The van der Waals surface area contributed by atoms with Crippen molar-refractivity contribution in [3.8, 4) is 0 Å². The number of methoxy groups -OCH3 is 1. The van der Waals surface area contributed by atoms with Gasteiger partial charge in [-0.2, -0.15) is 0 Å². The molecule has 0 spiro atoms. The molecule has 3 aromatic carbocycles. The Kier molecular flexibility index (Phi) is 10.7. The average Bonchev–Trinajstić information content (AvgIpc) is 2.99. The molecular weight excluding hydrogens is 562 g/mol. The Hall–Kier alpha value is -3.88. The first-order valence-corrected chi connectivity index (χ1v) is 15.0. The van der Waals surface area contributed by atoms with E-state index in [0.717, 1.165) is 17.2 Å². The minimum absolute atomic E-state index is 0.0560. The maximum absolute atomic E-state index is 14.1. The summed E-state index contributed by atoms with van der Waals surface area (Å²) in [5.41, 5.74) is 3.43. The fourth-order valence-corrected chi connectivity index (χ4v) is 5.80. The number of carbonyl (C=O) groups is 2. The number of aliphatic hydroxyl groups is 1. The molecule has 0 radical (unpaired) electrons. The van der Waals surface area contributed by atoms with E-state index in [1.165, 1.54) is 24.8 Å². The van der Waals surface area contributed by atoms with E-state index in [4.69, 9.17) is 4.74 Å². The zero-order valence-electron chi connectivity index (χ0n) is 25.8. The highest BCUT2D eigenvalue weighted by Gasteiger charge is 2.37. The van der Waals surface area contributed by atoms with Gasteiger partial charge < -0.3 is 20.5 Å². The van der Waals surface area contributed by atoms with Crippen LogP contribution in [0.4, 0.5) is 14.5 Å². The molecule has 0 heterocycles. The second kappa shape index (κ2) is 14.3. The van der Waals surface area contributed by atoms with Crippen molar-refractivity contribution in [1.82, 2.24) is 5.32 Å². The number of esters is 1. The molecular formula is C36H42F2N2O4. The fourth-order valence-electron chi connectivity index (χ4n) is 5.80. The number of hydrogen-bond donors (Lipinski definition) is 3. The first kappa shape index (κ1) is 33.0. The van der Waals surface area contributed by atoms with Crippen molar-refractivity contribution in [1.29, 1.82) is 0 Å². The van der Waals surface area contributed by atoms with Crippen LogP contribution in [0.15, 0.2) is 84.4 Å². The highest BCUT2D eigenvalue weighted by atomic mass is 19.1. The standard InChI is InChI=1S/C36H42F2N2O4/c1-35(2,3)26-9-8-10-27(21-26)36(15-13-24(14-16-36)20-33(42)44-4)39-23-32(41)31(19-25-17-28(37)22-29(38)18-25)34(43)40-30-11-6-5-7-12-30/h5-12,17-18,20-22,31-32,39,41H,13-16,19,23H2,1-4H3,(H,40,43). The van der Waals surface area contributed by atoms with Gasteiger partial charge in [-0.15, -0.1) is 0 Å². The number of hydrogen-bond acceptors (Lipinski definition) is 5. The lowest BCUT2D eigenvalue weighted by atomic mass is 9.73. The van der Waals surface area contributed by atoms with Gasteiger partial charge >= 0.3 is 5.97 Å². The second-order valence-corrected chi connectivity index (χ2v) is 12.6. The fraction of sp³-hybridized carbons (Fsp3) is 0.389. The molecule has 0 aromatic heterocycles. The summed E-state index contributed by atoms with van der Waals surface area (Å²) in [7, 11) is 1.36. The van der Waals surface area contributed by atoms with Gasteiger partial charge in [0, 0.05) is 29.9 Å². The number of benzene rings is 3. The summed E-state index contributed by atoms with van der Waals surface area (Å²) in [5.74, 6) is -3.33. The van der Waals surface area contributed by atoms with E-state index in [2.05, 4.69) is 49.6 Å². The van der Waals surface area contributed by atoms with Crippen LogP contribution in [-0.2, 0) is 31.7 Å². The second-order valence-electron chi connectivity index (χ2n) is 12.6. The number of anilines is 1. The normalized spacial score (nSPS) is 18.3. The summed E-state index contributed by atoms with van der Waals surface area (Å²) < 4.78 is 32.9. The zero-order chi connectivity index (χ0) is 31.9. The Morgan fingerprint density at radius 3 is 2.25 bits per heavy atom. The molecule has 8 heteroatoms. The van der Waals surface area contributed by atoms with Crippen LogP contribution < -0.4 is 10.6 Å². The number of nitrogens with one attached hydrogen (secondary N) is 2. The SMILES string of the molecule is COC(=O)C=C1CCC(NCC(O)C(Cc2cc(F)cc(F)c2)C(=O)Nc2ccccc2)(c2cccc(C(C)(C)C)c2)CC1. The largest absolute Gasteiger partial charge is 0.466 e. The molecule has 1 fully saturated rings. The van der Waals surface area contributed by atoms with E-state index in [9.17, 15) is 23.5 Å². The lowest BCUT2D eigenvalue weighted by Crippen LogP contribution is -2.50. The Morgan fingerprint density at radius 1 is 0.977 bits per heavy atom. The Bertz CT molecular complexity index is 1450. The minimum atomic E-state index is -1.18. The number of rotatable bonds is 10. The van der Waals surface area contributed by atoms with E-state index in [-0.39, 0.29) is 29.9 Å². The van der Waals surface area contributed by atoms with Crippen molar-refractivity contribution in [2.45, 2.75) is 69.9 Å². The van der Waals surface area contributed by atoms with Crippen molar-refractivity contribution < 1.29 is 28.2 Å². The highest BCUT2D eigenvalue weighted by molar-refractivity contribution is 5.93. The predicted molar refractivity (Wildman–Crippen MR) is 168 cm³/mol. The van der Waals surface area contributed by atoms with Crippen LogP contribution in [0.3, 0.4) is 0 Å². The van der Waals surface area contributed by atoms with Gasteiger partial charge in [-0.05, 0) is 78.5 Å². The van der Waals surface area contributed by atoms with Gasteiger partial charge in [-0.3, -0.25) is 4.79 Å². The Morgan fingerprint density at radius 2 is 1.64 bits per heavy atom. The lowest BCUT2D eigenvalue weighted by molar-refractivity contribution is -0.135. The summed E-state index contributed by atoms with van der Waals surface area (Å²) in [4.78, 5) is 25.4. The van der Waals surface area contributed by atoms with E-state index in [1.807, 2.05) is 12.1 Å². The first-order valence-electron chi connectivity index (χ1n) is 15.0. The molecule has 2 atom stereocenters. The molecule has 0 bridgehead atoms. The van der Waals surface area contributed by atoms with Crippen LogP contribution >= 0.6 is 0 Å². The summed E-state index contributed by atoms with van der Waals surface area (Å²) in [5, 5.41) is 18.0. The summed E-state index contributed by atoms with van der Waals surface area (Å²) in [6, 6.07) is 20.4. The molecule has 0 saturated heterocycles. The predicted octanol–water partition coefficient (Wildman–Crippen LogP) is 6.58. The van der Waals surface area contributed by atoms with E-state index >= 15 is 0 Å². The third-order valence-corrected chi connectivity index (χ3v) is 8.42. The van der Waals surface area contributed by atoms with Gasteiger partial charge in [0.15, 0.2) is 0 Å². The van der Waals surface area contributed by atoms with Gasteiger partial charge in [0.1, 0.15) is 11.6 Å². The summed E-state index contributed by atoms with van der Waals surface area (Å²) >= 11 is 0. The van der Waals surface area contributed by atoms with Crippen molar-refractivity contribution >= 4 is 17.6 Å². The number of carbonyl (C=O) groups excluding carboxylic acids is 2. The number of para-hydroxylation sites is 1. The molecule has 0 aliphatic heterocycles. The van der Waals surface area contributed by atoms with Crippen LogP contribution in [0, 0.1) is 17.6 Å². The number of ether oxygens (including phenoxy) is 1. The molecule has 1 saturated carbocycles. The van der Waals surface area contributed by atoms with Gasteiger partial charge in [-0.1, -0.05) is 68.8 Å². The van der Waals surface area contributed by atoms with Gasteiger partial charge in [0.2, 0.25) is 5.91 Å². The molecule has 234 valence electrons. The minimum Gasteiger partial charge on any atom is -0.466 e. The van der Waals surface area contributed by atoms with Gasteiger partial charge in [0.25, 0.3) is 0 Å². The molecule has 6 nitrogen and oxygen atoms in total. The Labute approximate surface area is 258 Å². The number of halogens is 2. The third-order valence-electron chi connectivity index (χ3n) is 8.42. The maximum atomic E-state index is 14.1. The summed E-state index contributed by atoms with van der Waals surface area (Å²) in [6.07, 6.45) is 2.93. The molecule has 4 rings (SSSR count). The highest BCUT2D eigenvalue weighted by Crippen LogP contribution is 2.41. The smallest absolute Gasteiger partial charge is 0.330 e. The van der Waals surface area contributed by atoms with Crippen molar-refractivity contribution in [2.75, 3.05) is 19.0 Å². The van der Waals surface area contributed by atoms with Crippen LogP contribution in [0.5, 0.6) is 0 Å². The quantitative estimate of drug-likeness (QED) is 0.180. The van der Waals surface area contributed by atoms with Crippen LogP contribution in [-0.4, -0.2) is 36.7 Å². The van der Waals surface area contributed by atoms with Crippen molar-refractivity contribution in [2.24, 2.45) is 5.92 Å². The van der Waals surface area contributed by atoms with Gasteiger partial charge in [0.05, 0.1) is 19.1 Å². The van der Waals surface area contributed by atoms with Crippen molar-refractivity contribution in [3.05, 3.63) is 113 Å². The van der Waals surface area contributed by atoms with Gasteiger partial charge in [-0.25, -0.2) is 13.6 Å².